The van der Waals surface area contributed by atoms with E-state index < -0.39 is 0 Å². The van der Waals surface area contributed by atoms with Crippen molar-refractivity contribution in [1.29, 1.82) is 0 Å². The predicted octanol–water partition coefficient (Wildman–Crippen LogP) is 4.20. The number of phenols is 1. The molecule has 0 aliphatic carbocycles. The number of aryl methyl sites for hydroxylation is 3. The Labute approximate surface area is 159 Å². The molecule has 2 aromatic rings. The molecule has 0 aliphatic rings. The summed E-state index contributed by atoms with van der Waals surface area (Å²) < 4.78 is 5.60. The van der Waals surface area contributed by atoms with Gasteiger partial charge in [-0.05, 0) is 37.5 Å². The summed E-state index contributed by atoms with van der Waals surface area (Å²) >= 11 is 4.74. The Kier molecular flexibility index (Phi) is 9.38. The number of oxazole rings is 1. The van der Waals surface area contributed by atoms with Crippen molar-refractivity contribution >= 4 is 40.0 Å². The first-order valence-electron chi connectivity index (χ1n) is 6.70. The minimum absolute atomic E-state index is 0.0736. The maximum atomic E-state index is 9.75. The number of hydrogen-bond donors (Lipinski definition) is 2. The number of hydrogen-bond acceptors (Lipinski definition) is 4. The van der Waals surface area contributed by atoms with Crippen molar-refractivity contribution in [2.45, 2.75) is 33.6 Å². The number of nitrogens with zero attached hydrogens (tertiary/aromatic N) is 1. The second-order valence-corrected chi connectivity index (χ2v) is 16.7. The van der Waals surface area contributed by atoms with Gasteiger partial charge < -0.3 is 14.6 Å². The van der Waals surface area contributed by atoms with E-state index in [1.54, 1.807) is 0 Å². The van der Waals surface area contributed by atoms with E-state index in [0.29, 0.717) is 33.9 Å². The van der Waals surface area contributed by atoms with Crippen molar-refractivity contribution in [2.75, 3.05) is 6.61 Å². The number of aliphatic hydroxyl groups is 1. The standard InChI is InChI=1S/C15H19NO3.2HI.V/c1-9-6-12(7-10(2)15(9)18)8-14-16-13(4-5-17)11(3)19-14;;;/h6-7,17-18H,4-5,8H2,1-3H3;2*1H;/q;;;+2/p-2. The molecule has 2 rings (SSSR count). The van der Waals surface area contributed by atoms with E-state index in [1.807, 2.05) is 32.9 Å². The molecule has 0 spiro atoms. The zero-order valence-electron chi connectivity index (χ0n) is 12.7. The van der Waals surface area contributed by atoms with E-state index in [1.165, 1.54) is 0 Å². The third-order valence-corrected chi connectivity index (χ3v) is 3.19. The van der Waals surface area contributed by atoms with Gasteiger partial charge >= 0.3 is 49.4 Å². The number of benzene rings is 1. The summed E-state index contributed by atoms with van der Waals surface area (Å²) in [6.07, 6.45) is 1.11. The number of aromatic nitrogens is 1. The molecule has 0 unspecified atom stereocenters. The van der Waals surface area contributed by atoms with Crippen LogP contribution in [-0.2, 0) is 22.3 Å². The first-order chi connectivity index (χ1) is 10.4. The summed E-state index contributed by atoms with van der Waals surface area (Å²) in [5.74, 6) is 1.75. The van der Waals surface area contributed by atoms with Crippen molar-refractivity contribution in [3.05, 3.63) is 46.2 Å². The SMILES string of the molecule is Cc1cc(Cc2nc(CCO)c(C)o2)cc(C)c1O.[I][V][I]. The zero-order valence-corrected chi connectivity index (χ0v) is 18.4. The normalized spacial score (nSPS) is 10.1. The monoisotopic (exact) mass is 566 g/mol. The summed E-state index contributed by atoms with van der Waals surface area (Å²) in [6, 6.07) is 3.88. The van der Waals surface area contributed by atoms with Gasteiger partial charge in [0.2, 0.25) is 0 Å². The van der Waals surface area contributed by atoms with Crippen LogP contribution in [0.1, 0.15) is 34.0 Å². The summed E-state index contributed by atoms with van der Waals surface area (Å²) in [4.78, 5) is 4.39. The van der Waals surface area contributed by atoms with Gasteiger partial charge in [0.25, 0.3) is 0 Å². The van der Waals surface area contributed by atoms with Crippen LogP contribution in [0.25, 0.3) is 0 Å². The topological polar surface area (TPSA) is 66.5 Å². The van der Waals surface area contributed by atoms with E-state index >= 15 is 0 Å². The molecule has 4 nitrogen and oxygen atoms in total. The number of phenolic OH excluding ortho intramolecular Hbond substituents is 1. The number of rotatable bonds is 4. The second kappa shape index (κ2) is 10.2. The summed E-state index contributed by atoms with van der Waals surface area (Å²) in [5, 5.41) is 18.7. The third kappa shape index (κ3) is 6.03. The van der Waals surface area contributed by atoms with E-state index in [-0.39, 0.29) is 6.61 Å². The molecule has 0 bridgehead atoms. The average molecular weight is 566 g/mol. The fraction of sp³-hybridized carbons (Fsp3) is 0.400. The molecule has 7 heteroatoms. The molecule has 0 radical (unpaired) electrons. The summed E-state index contributed by atoms with van der Waals surface area (Å²) in [5.41, 5.74) is 3.58. The molecular formula is C15H19I2NO3V. The van der Waals surface area contributed by atoms with Crippen LogP contribution in [0.4, 0.5) is 0 Å². The van der Waals surface area contributed by atoms with Crippen molar-refractivity contribution in [2.24, 2.45) is 0 Å². The molecular weight excluding hydrogens is 547 g/mol. The van der Waals surface area contributed by atoms with Gasteiger partial charge in [-0.1, -0.05) is 12.1 Å². The molecule has 121 valence electrons. The van der Waals surface area contributed by atoms with Crippen LogP contribution in [-0.4, -0.2) is 21.8 Å². The molecule has 0 amide bonds. The van der Waals surface area contributed by atoms with Crippen LogP contribution >= 0.6 is 40.0 Å². The maximum absolute atomic E-state index is 9.75. The third-order valence-electron chi connectivity index (χ3n) is 3.19. The van der Waals surface area contributed by atoms with Crippen LogP contribution in [0.3, 0.4) is 0 Å². The van der Waals surface area contributed by atoms with Crippen molar-refractivity contribution in [3.8, 4) is 5.75 Å². The molecule has 22 heavy (non-hydrogen) atoms. The Balaban J connectivity index is 0.000000745. The Bertz CT molecular complexity index is 594. The van der Waals surface area contributed by atoms with Gasteiger partial charge in [-0.15, -0.1) is 0 Å². The van der Waals surface area contributed by atoms with Gasteiger partial charge in [-0.25, -0.2) is 4.98 Å². The van der Waals surface area contributed by atoms with Gasteiger partial charge in [0.05, 0.1) is 5.69 Å². The quantitative estimate of drug-likeness (QED) is 0.546. The number of halogens is 2. The summed E-state index contributed by atoms with van der Waals surface area (Å²) in [7, 11) is 0.628. The Morgan fingerprint density at radius 3 is 2.23 bits per heavy atom. The van der Waals surface area contributed by atoms with Gasteiger partial charge in [-0.2, -0.15) is 0 Å². The molecule has 1 aromatic heterocycles. The molecule has 2 N–H and O–H groups in total. The molecule has 0 saturated heterocycles. The predicted molar refractivity (Wildman–Crippen MR) is 100 cm³/mol. The van der Waals surface area contributed by atoms with Gasteiger partial charge in [0, 0.05) is 19.4 Å². The molecule has 0 atom stereocenters. The molecule has 1 heterocycles. The molecule has 0 aliphatic heterocycles. The number of aromatic hydroxyl groups is 1. The van der Waals surface area contributed by atoms with E-state index in [9.17, 15) is 5.11 Å². The first-order valence-corrected chi connectivity index (χ1v) is 15.7. The van der Waals surface area contributed by atoms with Crippen LogP contribution in [0, 0.1) is 20.8 Å². The van der Waals surface area contributed by atoms with Gasteiger partial charge in [-0.3, -0.25) is 0 Å². The van der Waals surface area contributed by atoms with Crippen LogP contribution in [0.2, 0.25) is 0 Å². The van der Waals surface area contributed by atoms with Crippen molar-refractivity contribution in [1.82, 2.24) is 4.98 Å². The van der Waals surface area contributed by atoms with Gasteiger partial charge in [0.1, 0.15) is 11.5 Å². The van der Waals surface area contributed by atoms with Crippen molar-refractivity contribution in [3.63, 3.8) is 0 Å². The minimum atomic E-state index is 0.0736. The molecule has 0 saturated carbocycles. The number of aliphatic hydroxyl groups excluding tert-OH is 1. The molecule has 1 aromatic carbocycles. The summed E-state index contributed by atoms with van der Waals surface area (Å²) in [6.45, 7) is 5.69. The Morgan fingerprint density at radius 2 is 1.73 bits per heavy atom. The zero-order chi connectivity index (χ0) is 16.7. The Morgan fingerprint density at radius 1 is 1.18 bits per heavy atom. The van der Waals surface area contributed by atoms with E-state index in [2.05, 4.69) is 44.9 Å². The fourth-order valence-corrected chi connectivity index (χ4v) is 2.22. The molecule has 0 fully saturated rings. The van der Waals surface area contributed by atoms with Crippen LogP contribution in [0.15, 0.2) is 16.5 Å². The van der Waals surface area contributed by atoms with Crippen LogP contribution < -0.4 is 0 Å². The van der Waals surface area contributed by atoms with E-state index in [0.717, 1.165) is 28.1 Å². The fourth-order valence-electron chi connectivity index (χ4n) is 2.22. The van der Waals surface area contributed by atoms with Crippen LogP contribution in [0.5, 0.6) is 5.75 Å². The Hall–Kier alpha value is 0.234. The van der Waals surface area contributed by atoms with Gasteiger partial charge in [0.15, 0.2) is 5.89 Å². The second-order valence-electron chi connectivity index (χ2n) is 4.90. The van der Waals surface area contributed by atoms with Crippen molar-refractivity contribution < 1.29 is 24.1 Å². The average Bonchev–Trinajstić information content (AvgIpc) is 2.77. The van der Waals surface area contributed by atoms with E-state index in [4.69, 9.17) is 9.52 Å². The first kappa shape index (κ1) is 20.3.